The SMILES string of the molecule is NC(=S)c1ccc(CNS(=O)(=O)C2CCCCC2)c(F)c1. The molecule has 0 saturated heterocycles. The van der Waals surface area contributed by atoms with Crippen molar-refractivity contribution in [3.63, 3.8) is 0 Å². The predicted octanol–water partition coefficient (Wildman–Crippen LogP) is 2.21. The van der Waals surface area contributed by atoms with E-state index in [1.807, 2.05) is 0 Å². The van der Waals surface area contributed by atoms with E-state index in [2.05, 4.69) is 4.72 Å². The molecule has 7 heteroatoms. The third kappa shape index (κ3) is 4.21. The first-order chi connectivity index (χ1) is 9.90. The fourth-order valence-corrected chi connectivity index (χ4v) is 4.19. The van der Waals surface area contributed by atoms with Crippen molar-refractivity contribution in [3.8, 4) is 0 Å². The van der Waals surface area contributed by atoms with Gasteiger partial charge in [-0.3, -0.25) is 0 Å². The van der Waals surface area contributed by atoms with Gasteiger partial charge in [0.1, 0.15) is 10.8 Å². The van der Waals surface area contributed by atoms with Gasteiger partial charge in [-0.05, 0) is 18.9 Å². The van der Waals surface area contributed by atoms with E-state index in [0.717, 1.165) is 19.3 Å². The average Bonchev–Trinajstić information content (AvgIpc) is 2.46. The molecular weight excluding hydrogens is 311 g/mol. The van der Waals surface area contributed by atoms with E-state index in [1.54, 1.807) is 6.07 Å². The highest BCUT2D eigenvalue weighted by Gasteiger charge is 2.26. The Hall–Kier alpha value is -1.05. The summed E-state index contributed by atoms with van der Waals surface area (Å²) < 4.78 is 40.7. The minimum atomic E-state index is -3.39. The number of nitrogens with one attached hydrogen (secondary N) is 1. The van der Waals surface area contributed by atoms with Crippen LogP contribution >= 0.6 is 12.2 Å². The van der Waals surface area contributed by atoms with E-state index in [9.17, 15) is 12.8 Å². The van der Waals surface area contributed by atoms with Crippen LogP contribution in [0.4, 0.5) is 4.39 Å². The molecule has 3 N–H and O–H groups in total. The minimum Gasteiger partial charge on any atom is -0.389 e. The van der Waals surface area contributed by atoms with Gasteiger partial charge < -0.3 is 5.73 Å². The first kappa shape index (κ1) is 16.3. The maximum atomic E-state index is 13.9. The molecule has 0 atom stereocenters. The Labute approximate surface area is 130 Å². The van der Waals surface area contributed by atoms with Crippen LogP contribution in [0.5, 0.6) is 0 Å². The molecule has 0 bridgehead atoms. The van der Waals surface area contributed by atoms with Crippen LogP contribution < -0.4 is 10.5 Å². The Morgan fingerprint density at radius 1 is 1.33 bits per heavy atom. The molecule has 1 aromatic carbocycles. The maximum Gasteiger partial charge on any atom is 0.214 e. The largest absolute Gasteiger partial charge is 0.389 e. The van der Waals surface area contributed by atoms with Gasteiger partial charge in [0.05, 0.1) is 5.25 Å². The lowest BCUT2D eigenvalue weighted by Gasteiger charge is -2.22. The van der Waals surface area contributed by atoms with Gasteiger partial charge in [-0.2, -0.15) is 0 Å². The third-order valence-electron chi connectivity index (χ3n) is 3.79. The van der Waals surface area contributed by atoms with Gasteiger partial charge in [0.2, 0.25) is 10.0 Å². The van der Waals surface area contributed by atoms with E-state index < -0.39 is 15.8 Å². The lowest BCUT2D eigenvalue weighted by Crippen LogP contribution is -2.35. The standard InChI is InChI=1S/C14H19FN2O2S2/c15-13-8-10(14(16)20)6-7-11(13)9-17-21(18,19)12-4-2-1-3-5-12/h6-8,12,17H,1-5,9H2,(H2,16,20). The van der Waals surface area contributed by atoms with Crippen LogP contribution in [0.1, 0.15) is 43.2 Å². The number of thiocarbonyl (C=S) groups is 1. The van der Waals surface area contributed by atoms with Crippen LogP contribution in [0.2, 0.25) is 0 Å². The fourth-order valence-electron chi connectivity index (χ4n) is 2.52. The molecule has 21 heavy (non-hydrogen) atoms. The van der Waals surface area contributed by atoms with Gasteiger partial charge in [0.25, 0.3) is 0 Å². The van der Waals surface area contributed by atoms with Gasteiger partial charge in [0.15, 0.2) is 0 Å². The number of rotatable bonds is 5. The van der Waals surface area contributed by atoms with Crippen molar-refractivity contribution in [3.05, 3.63) is 35.1 Å². The lowest BCUT2D eigenvalue weighted by atomic mass is 10.0. The maximum absolute atomic E-state index is 13.9. The molecule has 116 valence electrons. The molecule has 4 nitrogen and oxygen atoms in total. The molecule has 0 radical (unpaired) electrons. The zero-order chi connectivity index (χ0) is 15.5. The van der Waals surface area contributed by atoms with E-state index in [4.69, 9.17) is 18.0 Å². The van der Waals surface area contributed by atoms with Crippen molar-refractivity contribution < 1.29 is 12.8 Å². The Morgan fingerprint density at radius 3 is 2.57 bits per heavy atom. The van der Waals surface area contributed by atoms with Crippen LogP contribution in [0.15, 0.2) is 18.2 Å². The second kappa shape index (κ2) is 6.81. The monoisotopic (exact) mass is 330 g/mol. The second-order valence-electron chi connectivity index (χ2n) is 5.30. The molecule has 0 unspecified atom stereocenters. The number of hydrogen-bond donors (Lipinski definition) is 2. The molecule has 1 fully saturated rings. The summed E-state index contributed by atoms with van der Waals surface area (Å²) in [5, 5.41) is -0.356. The number of nitrogens with two attached hydrogens (primary N) is 1. The summed E-state index contributed by atoms with van der Waals surface area (Å²) in [4.78, 5) is 0.114. The summed E-state index contributed by atoms with van der Waals surface area (Å²) in [5.74, 6) is -0.508. The molecule has 1 saturated carbocycles. The van der Waals surface area contributed by atoms with E-state index >= 15 is 0 Å². The molecule has 1 aromatic rings. The first-order valence-electron chi connectivity index (χ1n) is 6.97. The highest BCUT2D eigenvalue weighted by Crippen LogP contribution is 2.23. The van der Waals surface area contributed by atoms with E-state index in [0.29, 0.717) is 18.4 Å². The van der Waals surface area contributed by atoms with Gasteiger partial charge in [-0.25, -0.2) is 17.5 Å². The van der Waals surface area contributed by atoms with E-state index in [-0.39, 0.29) is 22.3 Å². The van der Waals surface area contributed by atoms with Crippen LogP contribution in [0, 0.1) is 5.82 Å². The van der Waals surface area contributed by atoms with Gasteiger partial charge >= 0.3 is 0 Å². The Balaban J connectivity index is 2.03. The molecule has 0 amide bonds. The van der Waals surface area contributed by atoms with Crippen LogP contribution in [-0.2, 0) is 16.6 Å². The molecule has 1 aliphatic carbocycles. The number of benzene rings is 1. The molecule has 0 aromatic heterocycles. The fraction of sp³-hybridized carbons (Fsp3) is 0.500. The minimum absolute atomic E-state index is 0.0533. The van der Waals surface area contributed by atoms with Crippen molar-refractivity contribution >= 4 is 27.2 Å². The van der Waals surface area contributed by atoms with Crippen molar-refractivity contribution in [2.24, 2.45) is 5.73 Å². The van der Waals surface area contributed by atoms with Gasteiger partial charge in [-0.15, -0.1) is 0 Å². The average molecular weight is 330 g/mol. The zero-order valence-electron chi connectivity index (χ0n) is 11.6. The second-order valence-corrected chi connectivity index (χ2v) is 7.78. The number of hydrogen-bond acceptors (Lipinski definition) is 3. The van der Waals surface area contributed by atoms with Crippen LogP contribution in [0.25, 0.3) is 0 Å². The summed E-state index contributed by atoms with van der Waals surface area (Å²) in [6.45, 7) is -0.0533. The number of sulfonamides is 1. The summed E-state index contributed by atoms with van der Waals surface area (Å²) >= 11 is 4.77. The predicted molar refractivity (Wildman–Crippen MR) is 84.9 cm³/mol. The van der Waals surface area contributed by atoms with Crippen molar-refractivity contribution in [2.75, 3.05) is 0 Å². The van der Waals surface area contributed by atoms with Crippen molar-refractivity contribution in [2.45, 2.75) is 43.9 Å². The summed E-state index contributed by atoms with van der Waals surface area (Å²) in [5.41, 5.74) is 6.15. The molecule has 2 rings (SSSR count). The summed E-state index contributed by atoms with van der Waals surface area (Å²) in [6.07, 6.45) is 4.31. The summed E-state index contributed by atoms with van der Waals surface area (Å²) in [6, 6.07) is 4.33. The zero-order valence-corrected chi connectivity index (χ0v) is 13.3. The van der Waals surface area contributed by atoms with Crippen LogP contribution in [-0.4, -0.2) is 18.7 Å². The van der Waals surface area contributed by atoms with Crippen molar-refractivity contribution in [1.29, 1.82) is 0 Å². The normalized spacial score (nSPS) is 16.8. The Kier molecular flexibility index (Phi) is 5.29. The van der Waals surface area contributed by atoms with E-state index in [1.165, 1.54) is 12.1 Å². The summed E-state index contributed by atoms with van der Waals surface area (Å²) in [7, 11) is -3.39. The highest BCUT2D eigenvalue weighted by atomic mass is 32.2. The highest BCUT2D eigenvalue weighted by molar-refractivity contribution is 7.90. The van der Waals surface area contributed by atoms with Gasteiger partial charge in [0, 0.05) is 17.7 Å². The molecule has 0 aliphatic heterocycles. The first-order valence-corrected chi connectivity index (χ1v) is 8.92. The van der Waals surface area contributed by atoms with Gasteiger partial charge in [-0.1, -0.05) is 43.6 Å². The molecule has 0 heterocycles. The Bertz CT molecular complexity index is 626. The van der Waals surface area contributed by atoms with Crippen LogP contribution in [0.3, 0.4) is 0 Å². The van der Waals surface area contributed by atoms with Crippen molar-refractivity contribution in [1.82, 2.24) is 4.72 Å². The topological polar surface area (TPSA) is 72.2 Å². The molecule has 1 aliphatic rings. The smallest absolute Gasteiger partial charge is 0.214 e. The molecular formula is C14H19FN2O2S2. The lowest BCUT2D eigenvalue weighted by molar-refractivity contribution is 0.477. The number of halogens is 1. The Morgan fingerprint density at radius 2 is 2.00 bits per heavy atom. The molecule has 0 spiro atoms. The quantitative estimate of drug-likeness (QED) is 0.812. The third-order valence-corrected chi connectivity index (χ3v) is 5.92.